The summed E-state index contributed by atoms with van der Waals surface area (Å²) < 4.78 is 1.12. The van der Waals surface area contributed by atoms with Crippen molar-refractivity contribution in [2.45, 2.75) is 18.9 Å². The third kappa shape index (κ3) is 2.20. The minimum atomic E-state index is -0.593. The van der Waals surface area contributed by atoms with Gasteiger partial charge >= 0.3 is 0 Å². The van der Waals surface area contributed by atoms with Crippen LogP contribution in [0.1, 0.15) is 28.5 Å². The van der Waals surface area contributed by atoms with E-state index >= 15 is 0 Å². The van der Waals surface area contributed by atoms with Crippen molar-refractivity contribution in [1.82, 2.24) is 4.98 Å². The lowest BCUT2D eigenvalue weighted by Crippen LogP contribution is -2.15. The Labute approximate surface area is 127 Å². The molecule has 0 saturated heterocycles. The van der Waals surface area contributed by atoms with Crippen molar-refractivity contribution in [3.05, 3.63) is 58.6 Å². The van der Waals surface area contributed by atoms with Gasteiger partial charge in [0.2, 0.25) is 0 Å². The second kappa shape index (κ2) is 5.13. The summed E-state index contributed by atoms with van der Waals surface area (Å²) in [6.07, 6.45) is 3.43. The van der Waals surface area contributed by atoms with E-state index in [1.54, 1.807) is 17.5 Å². The van der Waals surface area contributed by atoms with Gasteiger partial charge in [0, 0.05) is 28.9 Å². The Kier molecular flexibility index (Phi) is 3.13. The SMILES string of the molecule is OC(c1cc2ncccc2s1)c1cccc2c1NCCC2. The molecule has 3 heterocycles. The van der Waals surface area contributed by atoms with Crippen molar-refractivity contribution in [3.63, 3.8) is 0 Å². The quantitative estimate of drug-likeness (QED) is 0.757. The van der Waals surface area contributed by atoms with Crippen molar-refractivity contribution in [3.8, 4) is 0 Å². The molecule has 106 valence electrons. The van der Waals surface area contributed by atoms with E-state index in [4.69, 9.17) is 0 Å². The molecule has 4 heteroatoms. The van der Waals surface area contributed by atoms with Gasteiger partial charge in [-0.3, -0.25) is 4.98 Å². The van der Waals surface area contributed by atoms with E-state index in [0.717, 1.165) is 45.7 Å². The van der Waals surface area contributed by atoms with Crippen LogP contribution in [0.25, 0.3) is 10.2 Å². The molecule has 0 spiro atoms. The zero-order chi connectivity index (χ0) is 14.2. The van der Waals surface area contributed by atoms with Gasteiger partial charge in [0.05, 0.1) is 10.2 Å². The molecule has 1 unspecified atom stereocenters. The number of nitrogens with one attached hydrogen (secondary N) is 1. The Morgan fingerprint density at radius 2 is 2.19 bits per heavy atom. The average molecular weight is 296 g/mol. The predicted molar refractivity (Wildman–Crippen MR) is 86.9 cm³/mol. The first-order valence-electron chi connectivity index (χ1n) is 7.21. The smallest absolute Gasteiger partial charge is 0.115 e. The zero-order valence-corrected chi connectivity index (χ0v) is 12.4. The molecule has 0 bridgehead atoms. The largest absolute Gasteiger partial charge is 0.384 e. The average Bonchev–Trinajstić information content (AvgIpc) is 2.97. The maximum Gasteiger partial charge on any atom is 0.115 e. The van der Waals surface area contributed by atoms with Crippen LogP contribution in [-0.4, -0.2) is 16.6 Å². The maximum absolute atomic E-state index is 10.8. The molecular formula is C17H16N2OS. The number of benzene rings is 1. The topological polar surface area (TPSA) is 45.2 Å². The van der Waals surface area contributed by atoms with Gasteiger partial charge in [-0.15, -0.1) is 11.3 Å². The molecule has 21 heavy (non-hydrogen) atoms. The lowest BCUT2D eigenvalue weighted by Gasteiger charge is -2.23. The second-order valence-electron chi connectivity index (χ2n) is 5.35. The number of aryl methyl sites for hydroxylation is 1. The molecule has 3 aromatic rings. The number of hydrogen-bond acceptors (Lipinski definition) is 4. The van der Waals surface area contributed by atoms with E-state index in [0.29, 0.717) is 0 Å². The summed E-state index contributed by atoms with van der Waals surface area (Å²) in [7, 11) is 0. The highest BCUT2D eigenvalue weighted by molar-refractivity contribution is 7.19. The molecule has 2 N–H and O–H groups in total. The molecule has 1 aliphatic rings. The first-order chi connectivity index (χ1) is 10.3. The van der Waals surface area contributed by atoms with E-state index in [1.165, 1.54) is 5.56 Å². The summed E-state index contributed by atoms with van der Waals surface area (Å²) in [5.74, 6) is 0. The fraction of sp³-hybridized carbons (Fsp3) is 0.235. The number of anilines is 1. The third-order valence-electron chi connectivity index (χ3n) is 3.98. The van der Waals surface area contributed by atoms with Crippen LogP contribution in [0.4, 0.5) is 5.69 Å². The zero-order valence-electron chi connectivity index (χ0n) is 11.5. The molecule has 0 saturated carbocycles. The van der Waals surface area contributed by atoms with Gasteiger partial charge in [0.15, 0.2) is 0 Å². The van der Waals surface area contributed by atoms with Gasteiger partial charge < -0.3 is 10.4 Å². The van der Waals surface area contributed by atoms with Gasteiger partial charge in [-0.25, -0.2) is 0 Å². The summed E-state index contributed by atoms with van der Waals surface area (Å²) >= 11 is 1.61. The Hall–Kier alpha value is -1.91. The van der Waals surface area contributed by atoms with Crippen LogP contribution in [0, 0.1) is 0 Å². The van der Waals surface area contributed by atoms with Crippen molar-refractivity contribution in [1.29, 1.82) is 0 Å². The van der Waals surface area contributed by atoms with E-state index in [1.807, 2.05) is 30.3 Å². The van der Waals surface area contributed by atoms with Crippen molar-refractivity contribution < 1.29 is 5.11 Å². The molecule has 1 atom stereocenters. The summed E-state index contributed by atoms with van der Waals surface area (Å²) in [5, 5.41) is 14.2. The predicted octanol–water partition coefficient (Wildman–Crippen LogP) is 3.74. The van der Waals surface area contributed by atoms with E-state index in [-0.39, 0.29) is 0 Å². The van der Waals surface area contributed by atoms with E-state index in [9.17, 15) is 5.11 Å². The number of rotatable bonds is 2. The molecule has 2 aromatic heterocycles. The van der Waals surface area contributed by atoms with Crippen LogP contribution in [0.15, 0.2) is 42.6 Å². The van der Waals surface area contributed by atoms with Crippen LogP contribution >= 0.6 is 11.3 Å². The number of fused-ring (bicyclic) bond motifs is 2. The minimum Gasteiger partial charge on any atom is -0.384 e. The lowest BCUT2D eigenvalue weighted by atomic mass is 9.96. The summed E-state index contributed by atoms with van der Waals surface area (Å²) in [4.78, 5) is 5.30. The first-order valence-corrected chi connectivity index (χ1v) is 8.03. The number of para-hydroxylation sites is 1. The minimum absolute atomic E-state index is 0.593. The molecule has 1 aromatic carbocycles. The van der Waals surface area contributed by atoms with Gasteiger partial charge in [-0.1, -0.05) is 18.2 Å². The molecule has 3 nitrogen and oxygen atoms in total. The highest BCUT2D eigenvalue weighted by Gasteiger charge is 2.20. The van der Waals surface area contributed by atoms with Crippen molar-refractivity contribution >= 4 is 27.2 Å². The van der Waals surface area contributed by atoms with Crippen molar-refractivity contribution in [2.75, 3.05) is 11.9 Å². The number of thiophene rings is 1. The number of aliphatic hydroxyl groups excluding tert-OH is 1. The number of nitrogens with zero attached hydrogens (tertiary/aromatic N) is 1. The normalized spacial score (nSPS) is 15.5. The molecule has 0 aliphatic carbocycles. The van der Waals surface area contributed by atoms with Crippen LogP contribution in [0.5, 0.6) is 0 Å². The molecule has 0 fully saturated rings. The van der Waals surface area contributed by atoms with Gasteiger partial charge in [0.25, 0.3) is 0 Å². The standard InChI is InChI=1S/C17H16N2OS/c20-17(15-10-13-14(21-15)7-3-8-18-13)12-6-1-4-11-5-2-9-19-16(11)12/h1,3-4,6-8,10,17,19-20H,2,5,9H2. The number of aliphatic hydroxyl groups is 1. The number of hydrogen-bond donors (Lipinski definition) is 2. The maximum atomic E-state index is 10.8. The highest BCUT2D eigenvalue weighted by Crippen LogP contribution is 2.37. The monoisotopic (exact) mass is 296 g/mol. The Morgan fingerprint density at radius 3 is 3.10 bits per heavy atom. The summed E-state index contributed by atoms with van der Waals surface area (Å²) in [5.41, 5.74) is 4.34. The number of aromatic nitrogens is 1. The fourth-order valence-electron chi connectivity index (χ4n) is 2.94. The molecule has 1 aliphatic heterocycles. The summed E-state index contributed by atoms with van der Waals surface area (Å²) in [6.45, 7) is 0.977. The summed E-state index contributed by atoms with van der Waals surface area (Å²) in [6, 6.07) is 12.2. The van der Waals surface area contributed by atoms with Crippen LogP contribution < -0.4 is 5.32 Å². The van der Waals surface area contributed by atoms with Gasteiger partial charge in [-0.05, 0) is 36.6 Å². The van der Waals surface area contributed by atoms with Crippen molar-refractivity contribution in [2.24, 2.45) is 0 Å². The third-order valence-corrected chi connectivity index (χ3v) is 5.12. The fourth-order valence-corrected chi connectivity index (χ4v) is 3.97. The molecule has 4 rings (SSSR count). The molecule has 0 amide bonds. The number of pyridine rings is 1. The molecule has 0 radical (unpaired) electrons. The molecular weight excluding hydrogens is 280 g/mol. The van der Waals surface area contributed by atoms with E-state index < -0.39 is 6.10 Å². The van der Waals surface area contributed by atoms with Gasteiger partial charge in [-0.2, -0.15) is 0 Å². The Bertz CT molecular complexity index is 763. The van der Waals surface area contributed by atoms with Gasteiger partial charge in [0.1, 0.15) is 6.10 Å². The first kappa shape index (κ1) is 12.8. The van der Waals surface area contributed by atoms with Crippen LogP contribution in [0.2, 0.25) is 0 Å². The van der Waals surface area contributed by atoms with Crippen LogP contribution in [-0.2, 0) is 6.42 Å². The lowest BCUT2D eigenvalue weighted by molar-refractivity contribution is 0.224. The van der Waals surface area contributed by atoms with Crippen LogP contribution in [0.3, 0.4) is 0 Å². The highest BCUT2D eigenvalue weighted by atomic mass is 32.1. The Morgan fingerprint density at radius 1 is 1.24 bits per heavy atom. The Balaban J connectivity index is 1.79. The van der Waals surface area contributed by atoms with E-state index in [2.05, 4.69) is 16.4 Å². The second-order valence-corrected chi connectivity index (χ2v) is 6.47.